The molecule has 0 N–H and O–H groups in total. The number of carbonyl (C=O) groups is 1. The lowest BCUT2D eigenvalue weighted by molar-refractivity contribution is -0.138. The minimum atomic E-state index is -0.605. The Balaban J connectivity index is 2.91. The second kappa shape index (κ2) is 10.3. The second-order valence-electron chi connectivity index (χ2n) is 4.92. The van der Waals surface area contributed by atoms with E-state index < -0.39 is 5.97 Å². The molecule has 0 radical (unpaired) electrons. The molecule has 0 bridgehead atoms. The lowest BCUT2D eigenvalue weighted by atomic mass is 10.1. The van der Waals surface area contributed by atoms with Gasteiger partial charge < -0.3 is 14.2 Å². The van der Waals surface area contributed by atoms with E-state index in [1.165, 1.54) is 6.08 Å². The highest BCUT2D eigenvalue weighted by molar-refractivity contribution is 5.97. The molecule has 1 aromatic rings. The average Bonchev–Trinajstić information content (AvgIpc) is 2.58. The van der Waals surface area contributed by atoms with Gasteiger partial charge in [0, 0.05) is 0 Å². The first-order valence-electron chi connectivity index (χ1n) is 7.76. The summed E-state index contributed by atoms with van der Waals surface area (Å²) in [6.07, 6.45) is 4.09. The van der Waals surface area contributed by atoms with Gasteiger partial charge in [0.05, 0.1) is 20.3 Å². The van der Waals surface area contributed by atoms with Crippen LogP contribution in [0.3, 0.4) is 0 Å². The predicted molar refractivity (Wildman–Crippen MR) is 88.2 cm³/mol. The smallest absolute Gasteiger partial charge is 0.348 e. The van der Waals surface area contributed by atoms with Crippen molar-refractivity contribution in [2.75, 3.05) is 20.3 Å². The average molecular weight is 317 g/mol. The summed E-state index contributed by atoms with van der Waals surface area (Å²) in [5.41, 5.74) is 0.639. The third kappa shape index (κ3) is 6.03. The van der Waals surface area contributed by atoms with Gasteiger partial charge in [0.2, 0.25) is 0 Å². The molecule has 0 heterocycles. The van der Waals surface area contributed by atoms with Crippen molar-refractivity contribution in [3.05, 3.63) is 29.3 Å². The number of nitrogens with zero attached hydrogens (tertiary/aromatic N) is 1. The van der Waals surface area contributed by atoms with Crippen molar-refractivity contribution in [3.8, 4) is 17.6 Å². The number of nitriles is 1. The molecule has 0 saturated heterocycles. The van der Waals surface area contributed by atoms with Crippen molar-refractivity contribution in [3.63, 3.8) is 0 Å². The van der Waals surface area contributed by atoms with Crippen LogP contribution in [0.5, 0.6) is 11.5 Å². The largest absolute Gasteiger partial charge is 0.493 e. The Morgan fingerprint density at radius 2 is 2.00 bits per heavy atom. The van der Waals surface area contributed by atoms with E-state index in [0.29, 0.717) is 30.3 Å². The van der Waals surface area contributed by atoms with Crippen molar-refractivity contribution < 1.29 is 19.0 Å². The molecule has 124 valence electrons. The Morgan fingerprint density at radius 3 is 2.61 bits per heavy atom. The molecular formula is C18H23NO4. The van der Waals surface area contributed by atoms with E-state index in [2.05, 4.69) is 0 Å². The predicted octanol–water partition coefficient (Wildman–Crippen LogP) is 3.73. The normalized spacial score (nSPS) is 10.8. The van der Waals surface area contributed by atoms with Gasteiger partial charge in [-0.25, -0.2) is 4.79 Å². The monoisotopic (exact) mass is 317 g/mol. The lowest BCUT2D eigenvalue weighted by Gasteiger charge is -2.10. The zero-order valence-corrected chi connectivity index (χ0v) is 13.9. The molecule has 0 spiro atoms. The van der Waals surface area contributed by atoms with Gasteiger partial charge >= 0.3 is 5.97 Å². The standard InChI is InChI=1S/C18H23NO4/c1-4-6-10-23-18(20)15(13-19)11-14-7-8-16(22-9-5-2)17(12-14)21-3/h7-8,11-12H,4-6,9-10H2,1-3H3/b15-11-. The van der Waals surface area contributed by atoms with Crippen LogP contribution >= 0.6 is 0 Å². The van der Waals surface area contributed by atoms with Crippen molar-refractivity contribution in [2.24, 2.45) is 0 Å². The van der Waals surface area contributed by atoms with Gasteiger partial charge in [-0.15, -0.1) is 0 Å². The van der Waals surface area contributed by atoms with E-state index in [-0.39, 0.29) is 5.57 Å². The van der Waals surface area contributed by atoms with Crippen LogP contribution in [0, 0.1) is 11.3 Å². The molecule has 0 aliphatic rings. The van der Waals surface area contributed by atoms with Crippen LogP contribution in [0.4, 0.5) is 0 Å². The van der Waals surface area contributed by atoms with Gasteiger partial charge in [-0.1, -0.05) is 26.3 Å². The molecule has 23 heavy (non-hydrogen) atoms. The van der Waals surface area contributed by atoms with Crippen LogP contribution in [0.15, 0.2) is 23.8 Å². The molecule has 1 rings (SSSR count). The fourth-order valence-electron chi connectivity index (χ4n) is 1.80. The third-order valence-corrected chi connectivity index (χ3v) is 3.03. The first-order valence-corrected chi connectivity index (χ1v) is 7.76. The summed E-state index contributed by atoms with van der Waals surface area (Å²) in [4.78, 5) is 11.8. The Labute approximate surface area is 137 Å². The summed E-state index contributed by atoms with van der Waals surface area (Å²) in [7, 11) is 1.55. The number of hydrogen-bond acceptors (Lipinski definition) is 5. The van der Waals surface area contributed by atoms with Gasteiger partial charge in [-0.2, -0.15) is 5.26 Å². The maximum Gasteiger partial charge on any atom is 0.348 e. The van der Waals surface area contributed by atoms with Crippen LogP contribution in [-0.2, 0) is 9.53 Å². The Bertz CT molecular complexity index is 587. The highest BCUT2D eigenvalue weighted by atomic mass is 16.5. The van der Waals surface area contributed by atoms with Gasteiger partial charge in [-0.3, -0.25) is 0 Å². The van der Waals surface area contributed by atoms with Gasteiger partial charge in [-0.05, 0) is 36.6 Å². The molecular weight excluding hydrogens is 294 g/mol. The summed E-state index contributed by atoms with van der Waals surface area (Å²) in [6.45, 7) is 4.94. The van der Waals surface area contributed by atoms with Crippen LogP contribution in [-0.4, -0.2) is 26.3 Å². The van der Waals surface area contributed by atoms with Crippen molar-refractivity contribution in [1.82, 2.24) is 0 Å². The fraction of sp³-hybridized carbons (Fsp3) is 0.444. The quantitative estimate of drug-likeness (QED) is 0.300. The van der Waals surface area contributed by atoms with Crippen molar-refractivity contribution >= 4 is 12.0 Å². The molecule has 0 saturated carbocycles. The van der Waals surface area contributed by atoms with E-state index in [0.717, 1.165) is 19.3 Å². The van der Waals surface area contributed by atoms with E-state index in [4.69, 9.17) is 19.5 Å². The summed E-state index contributed by atoms with van der Waals surface area (Å²) in [6, 6.07) is 7.13. The number of carbonyl (C=O) groups excluding carboxylic acids is 1. The van der Waals surface area contributed by atoms with Crippen LogP contribution in [0.2, 0.25) is 0 Å². The second-order valence-corrected chi connectivity index (χ2v) is 4.92. The Hall–Kier alpha value is -2.48. The molecule has 1 aromatic carbocycles. The first kappa shape index (κ1) is 18.6. The van der Waals surface area contributed by atoms with E-state index in [1.54, 1.807) is 25.3 Å². The number of esters is 1. The van der Waals surface area contributed by atoms with Crippen LogP contribution in [0.1, 0.15) is 38.7 Å². The van der Waals surface area contributed by atoms with Crippen molar-refractivity contribution in [2.45, 2.75) is 33.1 Å². The number of methoxy groups -OCH3 is 1. The van der Waals surface area contributed by atoms with Gasteiger partial charge in [0.1, 0.15) is 11.6 Å². The van der Waals surface area contributed by atoms with Crippen LogP contribution < -0.4 is 9.47 Å². The zero-order chi connectivity index (χ0) is 17.1. The topological polar surface area (TPSA) is 68.6 Å². The van der Waals surface area contributed by atoms with E-state index in [9.17, 15) is 4.79 Å². The lowest BCUT2D eigenvalue weighted by Crippen LogP contribution is -2.07. The maximum atomic E-state index is 11.8. The fourth-order valence-corrected chi connectivity index (χ4v) is 1.80. The molecule has 0 aliphatic heterocycles. The SMILES string of the molecule is CCCCOC(=O)/C(C#N)=C\c1ccc(OCCC)c(OC)c1. The van der Waals surface area contributed by atoms with Crippen LogP contribution in [0.25, 0.3) is 6.08 Å². The van der Waals surface area contributed by atoms with E-state index in [1.807, 2.05) is 19.9 Å². The maximum absolute atomic E-state index is 11.8. The van der Waals surface area contributed by atoms with Gasteiger partial charge in [0.25, 0.3) is 0 Å². The minimum Gasteiger partial charge on any atom is -0.493 e. The molecule has 0 unspecified atom stereocenters. The Morgan fingerprint density at radius 1 is 1.22 bits per heavy atom. The summed E-state index contributed by atoms with van der Waals surface area (Å²) in [5.74, 6) is 0.589. The number of hydrogen-bond donors (Lipinski definition) is 0. The third-order valence-electron chi connectivity index (χ3n) is 3.03. The molecule has 0 aliphatic carbocycles. The molecule has 0 aromatic heterocycles. The summed E-state index contributed by atoms with van der Waals surface area (Å²) >= 11 is 0. The number of benzene rings is 1. The van der Waals surface area contributed by atoms with Gasteiger partial charge in [0.15, 0.2) is 11.5 Å². The molecule has 0 amide bonds. The number of ether oxygens (including phenoxy) is 3. The van der Waals surface area contributed by atoms with E-state index >= 15 is 0 Å². The number of rotatable bonds is 9. The summed E-state index contributed by atoms with van der Waals surface area (Å²) in [5, 5.41) is 9.14. The molecule has 5 nitrogen and oxygen atoms in total. The zero-order valence-electron chi connectivity index (χ0n) is 13.9. The number of unbranched alkanes of at least 4 members (excludes halogenated alkanes) is 1. The molecule has 0 atom stereocenters. The molecule has 5 heteroatoms. The highest BCUT2D eigenvalue weighted by Crippen LogP contribution is 2.29. The highest BCUT2D eigenvalue weighted by Gasteiger charge is 2.11. The summed E-state index contributed by atoms with van der Waals surface area (Å²) < 4.78 is 15.9. The Kier molecular flexibility index (Phi) is 8.30. The first-order chi connectivity index (χ1) is 11.2. The minimum absolute atomic E-state index is 0.0367. The van der Waals surface area contributed by atoms with Crippen molar-refractivity contribution in [1.29, 1.82) is 5.26 Å². The molecule has 0 fully saturated rings.